The van der Waals surface area contributed by atoms with Gasteiger partial charge in [0.1, 0.15) is 11.2 Å². The molecule has 0 atom stereocenters. The molecule has 0 unspecified atom stereocenters. The Labute approximate surface area is 149 Å². The predicted octanol–water partition coefficient (Wildman–Crippen LogP) is 2.02. The third-order valence-electron chi connectivity index (χ3n) is 3.99. The highest BCUT2D eigenvalue weighted by molar-refractivity contribution is 7.18. The van der Waals surface area contributed by atoms with Crippen LogP contribution in [0.5, 0.6) is 5.88 Å². The van der Waals surface area contributed by atoms with Crippen LogP contribution >= 0.6 is 11.3 Å². The largest absolute Gasteiger partial charge is 0.467 e. The van der Waals surface area contributed by atoms with E-state index in [0.717, 1.165) is 29.5 Å². The standard InChI is InChI=1S/C17H21N3O4S/c1-2-23-14(22)7-4-8-18-13(21)9-24-16-15-11-5-3-6-12(11)25-17(15)20-10-19-16/h10H,2-9H2,1H3,(H,18,21). The molecule has 1 amide bonds. The highest BCUT2D eigenvalue weighted by atomic mass is 32.1. The van der Waals surface area contributed by atoms with Crippen molar-refractivity contribution < 1.29 is 19.1 Å². The van der Waals surface area contributed by atoms with E-state index in [0.29, 0.717) is 31.9 Å². The fourth-order valence-electron chi connectivity index (χ4n) is 2.89. The van der Waals surface area contributed by atoms with Gasteiger partial charge in [-0.3, -0.25) is 9.59 Å². The fraction of sp³-hybridized carbons (Fsp3) is 0.529. The van der Waals surface area contributed by atoms with Crippen LogP contribution in [-0.4, -0.2) is 41.6 Å². The maximum atomic E-state index is 11.9. The fourth-order valence-corrected chi connectivity index (χ4v) is 4.11. The molecule has 134 valence electrons. The van der Waals surface area contributed by atoms with Crippen molar-refractivity contribution in [3.8, 4) is 5.88 Å². The van der Waals surface area contributed by atoms with Crippen molar-refractivity contribution in [3.63, 3.8) is 0 Å². The van der Waals surface area contributed by atoms with Gasteiger partial charge >= 0.3 is 5.97 Å². The first-order chi connectivity index (χ1) is 12.2. The van der Waals surface area contributed by atoms with Gasteiger partial charge in [-0.25, -0.2) is 9.97 Å². The van der Waals surface area contributed by atoms with Crippen molar-refractivity contribution in [2.45, 2.75) is 39.0 Å². The van der Waals surface area contributed by atoms with Crippen LogP contribution in [0.2, 0.25) is 0 Å². The number of hydrogen-bond donors (Lipinski definition) is 1. The maximum Gasteiger partial charge on any atom is 0.305 e. The zero-order valence-corrected chi connectivity index (χ0v) is 15.0. The lowest BCUT2D eigenvalue weighted by Crippen LogP contribution is -2.30. The van der Waals surface area contributed by atoms with E-state index in [4.69, 9.17) is 9.47 Å². The van der Waals surface area contributed by atoms with E-state index in [1.165, 1.54) is 16.8 Å². The molecule has 2 aromatic rings. The molecule has 1 aliphatic rings. The Balaban J connectivity index is 1.50. The van der Waals surface area contributed by atoms with Gasteiger partial charge in [-0.2, -0.15) is 0 Å². The summed E-state index contributed by atoms with van der Waals surface area (Å²) in [6, 6.07) is 0. The van der Waals surface area contributed by atoms with Crippen LogP contribution in [0.25, 0.3) is 10.2 Å². The molecule has 1 aliphatic carbocycles. The second-order valence-corrected chi connectivity index (χ2v) is 6.85. The predicted molar refractivity (Wildman–Crippen MR) is 93.8 cm³/mol. The molecule has 0 saturated heterocycles. The molecule has 8 heteroatoms. The number of carbonyl (C=O) groups is 2. The molecular formula is C17H21N3O4S. The van der Waals surface area contributed by atoms with Crippen molar-refractivity contribution in [1.29, 1.82) is 0 Å². The van der Waals surface area contributed by atoms with Crippen LogP contribution in [0.3, 0.4) is 0 Å². The summed E-state index contributed by atoms with van der Waals surface area (Å²) in [4.78, 5) is 33.9. The molecule has 0 bridgehead atoms. The lowest BCUT2D eigenvalue weighted by atomic mass is 10.2. The van der Waals surface area contributed by atoms with E-state index in [1.807, 2.05) is 0 Å². The Bertz CT molecular complexity index is 775. The van der Waals surface area contributed by atoms with Gasteiger partial charge in [-0.05, 0) is 38.2 Å². The molecule has 0 saturated carbocycles. The minimum Gasteiger partial charge on any atom is -0.467 e. The summed E-state index contributed by atoms with van der Waals surface area (Å²) in [5.74, 6) is -0.00346. The van der Waals surface area contributed by atoms with Crippen LogP contribution in [0, 0.1) is 0 Å². The molecule has 1 N–H and O–H groups in total. The second-order valence-electron chi connectivity index (χ2n) is 5.76. The normalized spacial score (nSPS) is 12.8. The van der Waals surface area contributed by atoms with Crippen LogP contribution in [0.4, 0.5) is 0 Å². The Kier molecular flexibility index (Phi) is 5.80. The number of thiophene rings is 1. The van der Waals surface area contributed by atoms with E-state index >= 15 is 0 Å². The van der Waals surface area contributed by atoms with Crippen molar-refractivity contribution in [1.82, 2.24) is 15.3 Å². The number of nitrogens with zero attached hydrogens (tertiary/aromatic N) is 2. The molecule has 0 spiro atoms. The molecule has 0 fully saturated rings. The minimum absolute atomic E-state index is 0.101. The molecule has 0 aliphatic heterocycles. The monoisotopic (exact) mass is 363 g/mol. The highest BCUT2D eigenvalue weighted by Crippen LogP contribution is 2.39. The molecule has 3 rings (SSSR count). The van der Waals surface area contributed by atoms with Crippen molar-refractivity contribution in [3.05, 3.63) is 16.8 Å². The SMILES string of the molecule is CCOC(=O)CCCNC(=O)COc1ncnc2sc3c(c12)CCC3. The third-order valence-corrected chi connectivity index (χ3v) is 5.19. The van der Waals surface area contributed by atoms with Gasteiger partial charge in [0, 0.05) is 17.8 Å². The summed E-state index contributed by atoms with van der Waals surface area (Å²) in [5, 5.41) is 3.69. The number of esters is 1. The van der Waals surface area contributed by atoms with Crippen molar-refractivity contribution >= 4 is 33.4 Å². The van der Waals surface area contributed by atoms with E-state index in [2.05, 4.69) is 15.3 Å². The number of amides is 1. The van der Waals surface area contributed by atoms with E-state index in [-0.39, 0.29) is 18.5 Å². The topological polar surface area (TPSA) is 90.4 Å². The Morgan fingerprint density at radius 2 is 2.20 bits per heavy atom. The summed E-state index contributed by atoms with van der Waals surface area (Å²) < 4.78 is 10.5. The van der Waals surface area contributed by atoms with E-state index in [1.54, 1.807) is 18.3 Å². The van der Waals surface area contributed by atoms with Gasteiger partial charge in [0.15, 0.2) is 6.61 Å². The zero-order valence-electron chi connectivity index (χ0n) is 14.2. The van der Waals surface area contributed by atoms with E-state index < -0.39 is 0 Å². The number of aryl methyl sites for hydroxylation is 2. The third kappa shape index (κ3) is 4.25. The van der Waals surface area contributed by atoms with Gasteiger partial charge in [0.05, 0.1) is 12.0 Å². The summed E-state index contributed by atoms with van der Waals surface area (Å²) in [6.45, 7) is 2.45. The number of rotatable bonds is 8. The maximum absolute atomic E-state index is 11.9. The molecule has 2 aromatic heterocycles. The van der Waals surface area contributed by atoms with E-state index in [9.17, 15) is 9.59 Å². The number of nitrogens with one attached hydrogen (secondary N) is 1. The average molecular weight is 363 g/mol. The summed E-state index contributed by atoms with van der Waals surface area (Å²) in [6.07, 6.45) is 5.55. The summed E-state index contributed by atoms with van der Waals surface area (Å²) >= 11 is 1.68. The van der Waals surface area contributed by atoms with Crippen molar-refractivity contribution in [2.24, 2.45) is 0 Å². The first-order valence-electron chi connectivity index (χ1n) is 8.49. The van der Waals surface area contributed by atoms with Gasteiger partial charge in [-0.15, -0.1) is 11.3 Å². The quantitative estimate of drug-likeness (QED) is 0.570. The van der Waals surface area contributed by atoms with Gasteiger partial charge in [0.25, 0.3) is 5.91 Å². The Hall–Kier alpha value is -2.22. The molecule has 7 nitrogen and oxygen atoms in total. The summed E-state index contributed by atoms with van der Waals surface area (Å²) in [5.41, 5.74) is 1.27. The number of hydrogen-bond acceptors (Lipinski definition) is 7. The first kappa shape index (κ1) is 17.6. The lowest BCUT2D eigenvalue weighted by Gasteiger charge is -2.08. The molecule has 0 aromatic carbocycles. The number of fused-ring (bicyclic) bond motifs is 3. The van der Waals surface area contributed by atoms with Gasteiger partial charge < -0.3 is 14.8 Å². The molecule has 25 heavy (non-hydrogen) atoms. The lowest BCUT2D eigenvalue weighted by molar-refractivity contribution is -0.143. The summed E-state index contributed by atoms with van der Waals surface area (Å²) in [7, 11) is 0. The van der Waals surface area contributed by atoms with Crippen LogP contribution in [0.1, 0.15) is 36.6 Å². The molecular weight excluding hydrogens is 342 g/mol. The van der Waals surface area contributed by atoms with Gasteiger partial charge in [-0.1, -0.05) is 0 Å². The first-order valence-corrected chi connectivity index (χ1v) is 9.31. The van der Waals surface area contributed by atoms with Crippen LogP contribution < -0.4 is 10.1 Å². The highest BCUT2D eigenvalue weighted by Gasteiger charge is 2.22. The molecule has 2 heterocycles. The zero-order chi connectivity index (χ0) is 17.6. The smallest absolute Gasteiger partial charge is 0.305 e. The van der Waals surface area contributed by atoms with Crippen molar-refractivity contribution in [2.75, 3.05) is 19.8 Å². The second kappa shape index (κ2) is 8.24. The number of ether oxygens (including phenoxy) is 2. The van der Waals surface area contributed by atoms with Crippen LogP contribution in [0.15, 0.2) is 6.33 Å². The average Bonchev–Trinajstić information content (AvgIpc) is 3.18. The van der Waals surface area contributed by atoms with Gasteiger partial charge in [0.2, 0.25) is 5.88 Å². The minimum atomic E-state index is -0.248. The number of carbonyl (C=O) groups excluding carboxylic acids is 2. The van der Waals surface area contributed by atoms with Crippen LogP contribution in [-0.2, 0) is 27.2 Å². The Morgan fingerprint density at radius 1 is 1.32 bits per heavy atom. The molecule has 0 radical (unpaired) electrons. The number of aromatic nitrogens is 2. The Morgan fingerprint density at radius 3 is 3.04 bits per heavy atom.